The summed E-state index contributed by atoms with van der Waals surface area (Å²) in [5, 5.41) is 0. The third-order valence-electron chi connectivity index (χ3n) is 2.90. The quantitative estimate of drug-likeness (QED) is 0.329. The van der Waals surface area contributed by atoms with Gasteiger partial charge in [0.15, 0.2) is 0 Å². The molecule has 23 heavy (non-hydrogen) atoms. The topological polar surface area (TPSA) is 78.9 Å². The number of hydrogen-bond donors (Lipinski definition) is 0. The van der Waals surface area contributed by atoms with Crippen LogP contribution in [-0.4, -0.2) is 37.7 Å². The van der Waals surface area contributed by atoms with Crippen molar-refractivity contribution in [1.82, 2.24) is 0 Å². The van der Waals surface area contributed by atoms with Crippen molar-refractivity contribution in [3.63, 3.8) is 0 Å². The van der Waals surface area contributed by atoms with E-state index in [-0.39, 0.29) is 25.7 Å². The Hall–Kier alpha value is -2.37. The van der Waals surface area contributed by atoms with Crippen molar-refractivity contribution >= 4 is 17.9 Å². The van der Waals surface area contributed by atoms with Crippen molar-refractivity contribution in [2.75, 3.05) is 19.8 Å². The second kappa shape index (κ2) is 10.4. The van der Waals surface area contributed by atoms with E-state index in [4.69, 9.17) is 14.2 Å². The third-order valence-corrected chi connectivity index (χ3v) is 2.90. The maximum atomic E-state index is 11.3. The minimum atomic E-state index is -0.857. The number of esters is 3. The van der Waals surface area contributed by atoms with Crippen LogP contribution in [0.4, 0.5) is 0 Å². The van der Waals surface area contributed by atoms with Crippen molar-refractivity contribution in [1.29, 1.82) is 0 Å². The molecule has 0 aromatic heterocycles. The molecule has 128 valence electrons. The molecule has 0 atom stereocenters. The van der Waals surface area contributed by atoms with E-state index >= 15 is 0 Å². The van der Waals surface area contributed by atoms with Crippen LogP contribution in [0.15, 0.2) is 38.0 Å². The second-order valence-corrected chi connectivity index (χ2v) is 5.53. The highest BCUT2D eigenvalue weighted by Gasteiger charge is 2.36. The van der Waals surface area contributed by atoms with Crippen LogP contribution in [-0.2, 0) is 28.6 Å². The fourth-order valence-corrected chi connectivity index (χ4v) is 2.02. The molecule has 0 amide bonds. The molecule has 0 spiro atoms. The summed E-state index contributed by atoms with van der Waals surface area (Å²) in [6, 6.07) is 0. The Bertz CT molecular complexity index is 404. The molecular formula is C17H24O6. The van der Waals surface area contributed by atoms with Crippen LogP contribution < -0.4 is 0 Å². The minimum Gasteiger partial charge on any atom is -0.462 e. The van der Waals surface area contributed by atoms with Crippen molar-refractivity contribution in [2.24, 2.45) is 11.3 Å². The van der Waals surface area contributed by atoms with Gasteiger partial charge in [-0.2, -0.15) is 0 Å². The average Bonchev–Trinajstić information content (AvgIpc) is 2.54. The highest BCUT2D eigenvalue weighted by molar-refractivity contribution is 5.82. The molecule has 0 aliphatic rings. The van der Waals surface area contributed by atoms with Gasteiger partial charge in [0, 0.05) is 18.2 Å². The van der Waals surface area contributed by atoms with Crippen molar-refractivity contribution in [3.8, 4) is 0 Å². The van der Waals surface area contributed by atoms with Crippen LogP contribution in [0.1, 0.15) is 20.3 Å². The second-order valence-electron chi connectivity index (χ2n) is 5.53. The SMILES string of the molecule is C=CC(=O)OCC(COC(=O)C=C)(COC(=O)C=C)CC(C)C. The summed E-state index contributed by atoms with van der Waals surface area (Å²) in [6.07, 6.45) is 3.61. The van der Waals surface area contributed by atoms with E-state index in [0.29, 0.717) is 6.42 Å². The van der Waals surface area contributed by atoms with Gasteiger partial charge < -0.3 is 14.2 Å². The smallest absolute Gasteiger partial charge is 0.330 e. The lowest BCUT2D eigenvalue weighted by Crippen LogP contribution is -2.40. The van der Waals surface area contributed by atoms with E-state index < -0.39 is 23.3 Å². The molecule has 0 radical (unpaired) electrons. The summed E-state index contributed by atoms with van der Waals surface area (Å²) in [7, 11) is 0. The number of hydrogen-bond acceptors (Lipinski definition) is 6. The Morgan fingerprint density at radius 1 is 0.826 bits per heavy atom. The van der Waals surface area contributed by atoms with E-state index in [1.165, 1.54) is 0 Å². The maximum absolute atomic E-state index is 11.3. The van der Waals surface area contributed by atoms with Crippen molar-refractivity contribution in [2.45, 2.75) is 20.3 Å². The van der Waals surface area contributed by atoms with Gasteiger partial charge in [0.25, 0.3) is 0 Å². The van der Waals surface area contributed by atoms with Gasteiger partial charge in [-0.3, -0.25) is 0 Å². The zero-order valence-corrected chi connectivity index (χ0v) is 13.7. The van der Waals surface area contributed by atoms with Gasteiger partial charge in [-0.25, -0.2) is 14.4 Å². The summed E-state index contributed by atoms with van der Waals surface area (Å²) in [6.45, 7) is 13.6. The number of ether oxygens (including phenoxy) is 3. The van der Waals surface area contributed by atoms with E-state index in [9.17, 15) is 14.4 Å². The molecule has 0 aromatic carbocycles. The Kier molecular flexibility index (Phi) is 9.30. The van der Waals surface area contributed by atoms with Gasteiger partial charge in [0.05, 0.1) is 5.41 Å². The van der Waals surface area contributed by atoms with Gasteiger partial charge >= 0.3 is 17.9 Å². The number of carbonyl (C=O) groups excluding carboxylic acids is 3. The van der Waals surface area contributed by atoms with Crippen LogP contribution in [0.25, 0.3) is 0 Å². The van der Waals surface area contributed by atoms with E-state index in [1.54, 1.807) is 0 Å². The van der Waals surface area contributed by atoms with Crippen molar-refractivity contribution in [3.05, 3.63) is 38.0 Å². The van der Waals surface area contributed by atoms with Crippen LogP contribution in [0.5, 0.6) is 0 Å². The molecule has 0 aromatic rings. The maximum Gasteiger partial charge on any atom is 0.330 e. The molecule has 0 aliphatic heterocycles. The molecule has 0 N–H and O–H groups in total. The highest BCUT2D eigenvalue weighted by atomic mass is 16.6. The normalized spacial score (nSPS) is 10.6. The lowest BCUT2D eigenvalue weighted by atomic mass is 9.82. The molecule has 0 bridgehead atoms. The summed E-state index contributed by atoms with van der Waals surface area (Å²) in [5.74, 6) is -1.64. The van der Waals surface area contributed by atoms with Crippen molar-refractivity contribution < 1.29 is 28.6 Å². The Morgan fingerprint density at radius 3 is 1.35 bits per heavy atom. The van der Waals surface area contributed by atoms with Gasteiger partial charge in [0.1, 0.15) is 19.8 Å². The first-order valence-electron chi connectivity index (χ1n) is 7.16. The van der Waals surface area contributed by atoms with Crippen LogP contribution in [0, 0.1) is 11.3 Å². The van der Waals surface area contributed by atoms with Crippen LogP contribution >= 0.6 is 0 Å². The summed E-state index contributed by atoms with van der Waals surface area (Å²) >= 11 is 0. The number of rotatable bonds is 11. The van der Waals surface area contributed by atoms with E-state index in [1.807, 2.05) is 13.8 Å². The lowest BCUT2D eigenvalue weighted by Gasteiger charge is -2.33. The minimum absolute atomic E-state index is 0.0785. The fourth-order valence-electron chi connectivity index (χ4n) is 2.02. The van der Waals surface area contributed by atoms with E-state index in [0.717, 1.165) is 18.2 Å². The highest BCUT2D eigenvalue weighted by Crippen LogP contribution is 2.29. The van der Waals surface area contributed by atoms with Crippen LogP contribution in [0.3, 0.4) is 0 Å². The number of carbonyl (C=O) groups is 3. The van der Waals surface area contributed by atoms with Gasteiger partial charge in [-0.15, -0.1) is 0 Å². The molecule has 0 saturated carbocycles. The molecule has 0 unspecified atom stereocenters. The zero-order chi connectivity index (χ0) is 17.9. The first kappa shape index (κ1) is 20.6. The summed E-state index contributed by atoms with van der Waals surface area (Å²) in [5.41, 5.74) is -0.857. The Balaban J connectivity index is 5.21. The standard InChI is InChI=1S/C17H24O6/c1-6-14(18)21-10-17(9-13(4)5,11-22-15(19)7-2)12-23-16(20)8-3/h6-8,13H,1-3,9-12H2,4-5H3. The molecule has 0 heterocycles. The lowest BCUT2D eigenvalue weighted by molar-refractivity contribution is -0.157. The summed E-state index contributed by atoms with van der Waals surface area (Å²) < 4.78 is 15.3. The molecule has 0 fully saturated rings. The van der Waals surface area contributed by atoms with Gasteiger partial charge in [0.2, 0.25) is 0 Å². The van der Waals surface area contributed by atoms with Crippen LogP contribution in [0.2, 0.25) is 0 Å². The first-order chi connectivity index (χ1) is 10.8. The Morgan fingerprint density at radius 2 is 1.13 bits per heavy atom. The fraction of sp³-hybridized carbons (Fsp3) is 0.471. The zero-order valence-electron chi connectivity index (χ0n) is 13.7. The predicted molar refractivity (Wildman–Crippen MR) is 85.4 cm³/mol. The van der Waals surface area contributed by atoms with Gasteiger partial charge in [-0.1, -0.05) is 33.6 Å². The molecule has 0 aliphatic carbocycles. The molecule has 0 saturated heterocycles. The molecule has 0 rings (SSSR count). The largest absolute Gasteiger partial charge is 0.462 e. The summed E-state index contributed by atoms with van der Waals surface area (Å²) in [4.78, 5) is 34.0. The monoisotopic (exact) mass is 324 g/mol. The van der Waals surface area contributed by atoms with Gasteiger partial charge in [-0.05, 0) is 12.3 Å². The van der Waals surface area contributed by atoms with E-state index in [2.05, 4.69) is 19.7 Å². The molecule has 6 heteroatoms. The average molecular weight is 324 g/mol. The predicted octanol–water partition coefficient (Wildman–Crippen LogP) is 2.21. The third kappa shape index (κ3) is 8.60. The Labute approximate surface area is 136 Å². The molecular weight excluding hydrogens is 300 g/mol. The molecule has 6 nitrogen and oxygen atoms in total. The first-order valence-corrected chi connectivity index (χ1v) is 7.16.